The van der Waals surface area contributed by atoms with Crippen molar-refractivity contribution >= 4 is 17.4 Å². The minimum Gasteiger partial charge on any atom is -0.252 e. The van der Waals surface area contributed by atoms with Gasteiger partial charge in [0.25, 0.3) is 0 Å². The van der Waals surface area contributed by atoms with E-state index in [0.717, 1.165) is 11.4 Å². The maximum absolute atomic E-state index is 11.3. The fourth-order valence-electron chi connectivity index (χ4n) is 1.55. The van der Waals surface area contributed by atoms with Crippen LogP contribution in [0.1, 0.15) is 0 Å². The number of carbonyl (C=O) groups is 1. The van der Waals surface area contributed by atoms with Crippen molar-refractivity contribution in [3.05, 3.63) is 60.7 Å². The SMILES string of the molecule is N=NC(=O)NN(c1ccccc1)c1ccccc1.[Hg+2]. The maximum Gasteiger partial charge on any atom is 2.00 e. The van der Waals surface area contributed by atoms with Crippen LogP contribution >= 0.6 is 0 Å². The van der Waals surface area contributed by atoms with Crippen LogP contribution in [0, 0.1) is 5.53 Å². The summed E-state index contributed by atoms with van der Waals surface area (Å²) in [7, 11) is 0. The van der Waals surface area contributed by atoms with Crippen molar-refractivity contribution in [1.29, 1.82) is 5.53 Å². The number of urea groups is 1. The van der Waals surface area contributed by atoms with Gasteiger partial charge in [0.1, 0.15) is 0 Å². The molecule has 2 aromatic rings. The Morgan fingerprint density at radius 3 is 1.74 bits per heavy atom. The Kier molecular flexibility index (Phi) is 6.15. The number of benzene rings is 2. The number of nitrogens with zero attached hydrogens (tertiary/aromatic N) is 2. The van der Waals surface area contributed by atoms with Crippen molar-refractivity contribution in [2.45, 2.75) is 0 Å². The van der Waals surface area contributed by atoms with Gasteiger partial charge in [-0.25, -0.2) is 10.2 Å². The smallest absolute Gasteiger partial charge is 0.252 e. The molecule has 0 spiro atoms. The average molecular weight is 441 g/mol. The van der Waals surface area contributed by atoms with Gasteiger partial charge < -0.3 is 0 Å². The van der Waals surface area contributed by atoms with Gasteiger partial charge in [-0.3, -0.25) is 5.01 Å². The van der Waals surface area contributed by atoms with Gasteiger partial charge in [0.15, 0.2) is 0 Å². The molecule has 0 heterocycles. The number of amides is 2. The van der Waals surface area contributed by atoms with Crippen LogP contribution in [0.25, 0.3) is 0 Å². The number of nitrogens with one attached hydrogen (secondary N) is 2. The molecule has 6 heteroatoms. The summed E-state index contributed by atoms with van der Waals surface area (Å²) in [6.07, 6.45) is 0. The molecule has 19 heavy (non-hydrogen) atoms. The van der Waals surface area contributed by atoms with E-state index in [9.17, 15) is 4.79 Å². The van der Waals surface area contributed by atoms with Crippen LogP contribution in [0.15, 0.2) is 65.8 Å². The summed E-state index contributed by atoms with van der Waals surface area (Å²) >= 11 is 0. The fraction of sp³-hybridized carbons (Fsp3) is 0. The summed E-state index contributed by atoms with van der Waals surface area (Å²) in [5, 5.41) is 4.42. The fourth-order valence-corrected chi connectivity index (χ4v) is 1.55. The molecule has 0 atom stereocenters. The first kappa shape index (κ1) is 15.3. The van der Waals surface area contributed by atoms with Crippen molar-refractivity contribution in [3.63, 3.8) is 0 Å². The third kappa shape index (κ3) is 4.13. The van der Waals surface area contributed by atoms with Crippen LogP contribution in [0.3, 0.4) is 0 Å². The standard InChI is InChI=1S/C13H12N4O.Hg/c14-15-13(18)16-17(11-7-3-1-4-8-11)12-9-5-2-6-10-12;/h1-10,14H,(H,16,18);/q;+2. The van der Waals surface area contributed by atoms with Gasteiger partial charge in [-0.05, 0) is 24.3 Å². The maximum atomic E-state index is 11.3. The third-order valence-corrected chi connectivity index (χ3v) is 2.34. The summed E-state index contributed by atoms with van der Waals surface area (Å²) in [5.74, 6) is 0. The first-order valence-electron chi connectivity index (χ1n) is 5.39. The van der Waals surface area contributed by atoms with Crippen LogP contribution in [0.2, 0.25) is 0 Å². The van der Waals surface area contributed by atoms with Gasteiger partial charge >= 0.3 is 33.7 Å². The van der Waals surface area contributed by atoms with Gasteiger partial charge in [-0.1, -0.05) is 41.5 Å². The minimum absolute atomic E-state index is 0. The molecule has 0 aliphatic heterocycles. The summed E-state index contributed by atoms with van der Waals surface area (Å²) in [6.45, 7) is 0. The van der Waals surface area contributed by atoms with Crippen molar-refractivity contribution in [3.8, 4) is 0 Å². The topological polar surface area (TPSA) is 68.5 Å². The minimum atomic E-state index is -0.720. The molecule has 0 saturated carbocycles. The van der Waals surface area contributed by atoms with Gasteiger partial charge in [0.2, 0.25) is 0 Å². The van der Waals surface area contributed by atoms with E-state index in [1.807, 2.05) is 60.7 Å². The molecular formula is C13H12HgN4O+2. The number of hydrogen-bond donors (Lipinski definition) is 2. The normalized spacial score (nSPS) is 9.05. The number of para-hydroxylation sites is 2. The Morgan fingerprint density at radius 1 is 0.947 bits per heavy atom. The molecule has 5 nitrogen and oxygen atoms in total. The number of anilines is 2. The van der Waals surface area contributed by atoms with Crippen molar-refractivity contribution in [2.24, 2.45) is 5.11 Å². The van der Waals surface area contributed by atoms with E-state index in [4.69, 9.17) is 5.53 Å². The molecule has 90 valence electrons. The Balaban J connectivity index is 0.00000180. The summed E-state index contributed by atoms with van der Waals surface area (Å²) in [5.41, 5.74) is 10.8. The molecule has 0 aromatic heterocycles. The quantitative estimate of drug-likeness (QED) is 0.436. The molecule has 0 saturated heterocycles. The van der Waals surface area contributed by atoms with E-state index in [1.165, 1.54) is 0 Å². The van der Waals surface area contributed by atoms with Crippen LogP contribution in [0.5, 0.6) is 0 Å². The number of hydrazine groups is 1. The van der Waals surface area contributed by atoms with Crippen LogP contribution in [-0.2, 0) is 27.7 Å². The molecule has 0 fully saturated rings. The molecule has 0 bridgehead atoms. The molecule has 0 aliphatic rings. The Bertz CT molecular complexity index is 493. The molecule has 2 rings (SSSR count). The zero-order chi connectivity index (χ0) is 12.8. The van der Waals surface area contributed by atoms with Gasteiger partial charge in [0.05, 0.1) is 11.4 Å². The van der Waals surface area contributed by atoms with E-state index in [2.05, 4.69) is 10.5 Å². The van der Waals surface area contributed by atoms with Gasteiger partial charge in [-0.15, -0.1) is 0 Å². The first-order chi connectivity index (χ1) is 8.81. The van der Waals surface area contributed by atoms with Gasteiger partial charge in [-0.2, -0.15) is 5.53 Å². The zero-order valence-corrected chi connectivity index (χ0v) is 15.8. The molecule has 0 radical (unpaired) electrons. The second kappa shape index (κ2) is 7.63. The van der Waals surface area contributed by atoms with Gasteiger partial charge in [0, 0.05) is 0 Å². The zero-order valence-electron chi connectivity index (χ0n) is 10.3. The number of carbonyl (C=O) groups excluding carboxylic acids is 1. The molecule has 2 aromatic carbocycles. The van der Waals surface area contributed by atoms with Crippen LogP contribution in [-0.4, -0.2) is 6.03 Å². The van der Waals surface area contributed by atoms with E-state index < -0.39 is 6.03 Å². The first-order valence-corrected chi connectivity index (χ1v) is 5.39. The summed E-state index contributed by atoms with van der Waals surface area (Å²) < 4.78 is 0. The molecular weight excluding hydrogens is 429 g/mol. The molecule has 2 N–H and O–H groups in total. The molecule has 0 unspecified atom stereocenters. The largest absolute Gasteiger partial charge is 2.00 e. The van der Waals surface area contributed by atoms with E-state index in [-0.39, 0.29) is 27.7 Å². The summed E-state index contributed by atoms with van der Waals surface area (Å²) in [4.78, 5) is 11.3. The Hall–Kier alpha value is -1.75. The Morgan fingerprint density at radius 2 is 1.37 bits per heavy atom. The summed E-state index contributed by atoms with van der Waals surface area (Å²) in [6, 6.07) is 18.0. The van der Waals surface area contributed by atoms with Crippen molar-refractivity contribution in [1.82, 2.24) is 5.43 Å². The van der Waals surface area contributed by atoms with E-state index in [0.29, 0.717) is 0 Å². The molecule has 0 aliphatic carbocycles. The second-order valence-corrected chi connectivity index (χ2v) is 3.54. The van der Waals surface area contributed by atoms with Crippen LogP contribution < -0.4 is 10.4 Å². The monoisotopic (exact) mass is 442 g/mol. The predicted molar refractivity (Wildman–Crippen MR) is 68.7 cm³/mol. The number of hydrogen-bond acceptors (Lipinski definition) is 3. The molecule has 2 amide bonds. The second-order valence-electron chi connectivity index (χ2n) is 3.54. The third-order valence-electron chi connectivity index (χ3n) is 2.34. The van der Waals surface area contributed by atoms with E-state index in [1.54, 1.807) is 5.01 Å². The van der Waals surface area contributed by atoms with Crippen molar-refractivity contribution in [2.75, 3.05) is 5.01 Å². The Labute approximate surface area is 131 Å². The predicted octanol–water partition coefficient (Wildman–Crippen LogP) is 3.48. The number of rotatable bonds is 3. The van der Waals surface area contributed by atoms with Crippen molar-refractivity contribution < 1.29 is 32.5 Å². The van der Waals surface area contributed by atoms with E-state index >= 15 is 0 Å². The average Bonchev–Trinajstić information content (AvgIpc) is 2.46. The van der Waals surface area contributed by atoms with Crippen LogP contribution in [0.4, 0.5) is 16.2 Å².